The summed E-state index contributed by atoms with van der Waals surface area (Å²) in [5.41, 5.74) is -0.188. The van der Waals surface area contributed by atoms with E-state index < -0.39 is 0 Å². The highest BCUT2D eigenvalue weighted by atomic mass is 32.2. The van der Waals surface area contributed by atoms with Crippen molar-refractivity contribution in [2.75, 3.05) is 31.8 Å². The summed E-state index contributed by atoms with van der Waals surface area (Å²) in [4.78, 5) is 11.6. The van der Waals surface area contributed by atoms with Crippen LogP contribution in [-0.4, -0.2) is 43.3 Å². The van der Waals surface area contributed by atoms with Crippen molar-refractivity contribution in [1.29, 1.82) is 0 Å². The summed E-state index contributed by atoms with van der Waals surface area (Å²) in [5.74, 6) is 1.58. The van der Waals surface area contributed by atoms with Gasteiger partial charge in [0.05, 0.1) is 12.1 Å². The Morgan fingerprint density at radius 2 is 2.38 bits per heavy atom. The van der Waals surface area contributed by atoms with Crippen LogP contribution in [-0.2, 0) is 4.74 Å². The van der Waals surface area contributed by atoms with E-state index in [0.717, 1.165) is 25.3 Å². The van der Waals surface area contributed by atoms with E-state index in [0.29, 0.717) is 12.5 Å². The Hall–Kier alpha value is -0.420. The fourth-order valence-electron chi connectivity index (χ4n) is 1.69. The summed E-state index contributed by atoms with van der Waals surface area (Å²) in [6, 6.07) is -0.0825. The smallest absolute Gasteiger partial charge is 0.315 e. The summed E-state index contributed by atoms with van der Waals surface area (Å²) < 4.78 is 5.28. The molecule has 1 fully saturated rings. The van der Waals surface area contributed by atoms with E-state index in [1.807, 2.05) is 6.92 Å². The number of hydrogen-bond donors (Lipinski definition) is 2. The molecule has 5 heteroatoms. The predicted molar refractivity (Wildman–Crippen MR) is 67.9 cm³/mol. The summed E-state index contributed by atoms with van der Waals surface area (Å²) in [7, 11) is 0. The highest BCUT2D eigenvalue weighted by Gasteiger charge is 2.31. The minimum absolute atomic E-state index is 0.0825. The first-order valence-corrected chi connectivity index (χ1v) is 7.08. The molecule has 0 bridgehead atoms. The van der Waals surface area contributed by atoms with Crippen LogP contribution in [0.25, 0.3) is 0 Å². The zero-order chi connectivity index (χ0) is 12.0. The van der Waals surface area contributed by atoms with Gasteiger partial charge in [0.15, 0.2) is 0 Å². The molecule has 0 aromatic rings. The van der Waals surface area contributed by atoms with E-state index in [2.05, 4.69) is 23.8 Å². The van der Waals surface area contributed by atoms with Gasteiger partial charge < -0.3 is 15.4 Å². The summed E-state index contributed by atoms with van der Waals surface area (Å²) in [6.45, 7) is 6.23. The van der Waals surface area contributed by atoms with E-state index in [4.69, 9.17) is 4.74 Å². The third-order valence-corrected chi connectivity index (χ3v) is 3.60. The number of nitrogens with one attached hydrogen (secondary N) is 2. The number of rotatable bonds is 5. The number of ether oxygens (including phenoxy) is 1. The van der Waals surface area contributed by atoms with E-state index in [-0.39, 0.29) is 11.6 Å². The lowest BCUT2D eigenvalue weighted by Crippen LogP contribution is -2.51. The number of thioether (sulfide) groups is 1. The van der Waals surface area contributed by atoms with E-state index >= 15 is 0 Å². The van der Waals surface area contributed by atoms with Gasteiger partial charge in [0.2, 0.25) is 0 Å². The molecule has 4 nitrogen and oxygen atoms in total. The standard InChI is InChI=1S/C11H22N2O2S/c1-9(7-16-3)6-12-10(14)13-11(2)4-5-15-8-11/h9H,4-8H2,1-3H3,(H2,12,13,14)/t9-,11-/m1/s1. The van der Waals surface area contributed by atoms with Crippen molar-refractivity contribution in [2.24, 2.45) is 5.92 Å². The molecule has 0 aromatic heterocycles. The van der Waals surface area contributed by atoms with Crippen molar-refractivity contribution in [3.05, 3.63) is 0 Å². The quantitative estimate of drug-likeness (QED) is 0.772. The largest absolute Gasteiger partial charge is 0.379 e. The van der Waals surface area contributed by atoms with Crippen molar-refractivity contribution < 1.29 is 9.53 Å². The SMILES string of the molecule is CSC[C@H](C)CNC(=O)N[C@]1(C)CCOC1. The zero-order valence-electron chi connectivity index (χ0n) is 10.3. The first-order chi connectivity index (χ1) is 7.56. The second-order valence-corrected chi connectivity index (χ2v) is 5.67. The first kappa shape index (κ1) is 13.6. The molecule has 2 N–H and O–H groups in total. The van der Waals surface area contributed by atoms with Crippen LogP contribution in [0.3, 0.4) is 0 Å². The molecule has 1 rings (SSSR count). The van der Waals surface area contributed by atoms with Gasteiger partial charge >= 0.3 is 6.03 Å². The van der Waals surface area contributed by atoms with Crippen LogP contribution < -0.4 is 10.6 Å². The molecule has 0 aliphatic carbocycles. The Balaban J connectivity index is 2.20. The Bertz CT molecular complexity index is 230. The van der Waals surface area contributed by atoms with Gasteiger partial charge in [-0.15, -0.1) is 0 Å². The fourth-order valence-corrected chi connectivity index (χ4v) is 2.38. The van der Waals surface area contributed by atoms with Gasteiger partial charge in [0.25, 0.3) is 0 Å². The zero-order valence-corrected chi connectivity index (χ0v) is 11.2. The van der Waals surface area contributed by atoms with Crippen LogP contribution in [0, 0.1) is 5.92 Å². The highest BCUT2D eigenvalue weighted by molar-refractivity contribution is 7.98. The van der Waals surface area contributed by atoms with Gasteiger partial charge in [0, 0.05) is 13.2 Å². The maximum atomic E-state index is 11.6. The Morgan fingerprint density at radius 3 is 2.94 bits per heavy atom. The number of urea groups is 1. The van der Waals surface area contributed by atoms with E-state index in [9.17, 15) is 4.79 Å². The molecule has 2 amide bonds. The summed E-state index contributed by atoms with van der Waals surface area (Å²) in [6.07, 6.45) is 2.97. The van der Waals surface area contributed by atoms with Crippen LogP contribution in [0.4, 0.5) is 4.79 Å². The Morgan fingerprint density at radius 1 is 1.62 bits per heavy atom. The van der Waals surface area contributed by atoms with Gasteiger partial charge in [-0.05, 0) is 31.3 Å². The molecular weight excluding hydrogens is 224 g/mol. The first-order valence-electron chi connectivity index (χ1n) is 5.68. The average molecular weight is 246 g/mol. The van der Waals surface area contributed by atoms with Crippen molar-refractivity contribution in [1.82, 2.24) is 10.6 Å². The molecular formula is C11H22N2O2S. The maximum Gasteiger partial charge on any atom is 0.315 e. The molecule has 1 aliphatic rings. The molecule has 94 valence electrons. The molecule has 0 saturated carbocycles. The topological polar surface area (TPSA) is 50.4 Å². The second kappa shape index (κ2) is 6.35. The molecule has 0 aromatic carbocycles. The molecule has 2 atom stereocenters. The van der Waals surface area contributed by atoms with Gasteiger partial charge in [-0.25, -0.2) is 4.79 Å². The third-order valence-electron chi connectivity index (χ3n) is 2.70. The van der Waals surface area contributed by atoms with Crippen molar-refractivity contribution in [3.8, 4) is 0 Å². The number of carbonyl (C=O) groups excluding carboxylic acids is 1. The lowest BCUT2D eigenvalue weighted by Gasteiger charge is -2.24. The predicted octanol–water partition coefficient (Wildman–Crippen LogP) is 1.46. The highest BCUT2D eigenvalue weighted by Crippen LogP contribution is 2.16. The van der Waals surface area contributed by atoms with Gasteiger partial charge in [0.1, 0.15) is 0 Å². The van der Waals surface area contributed by atoms with Crippen LogP contribution in [0.15, 0.2) is 0 Å². The van der Waals surface area contributed by atoms with Crippen LogP contribution in [0.1, 0.15) is 20.3 Å². The normalized spacial score (nSPS) is 26.4. The third kappa shape index (κ3) is 4.61. The molecule has 0 unspecified atom stereocenters. The van der Waals surface area contributed by atoms with Gasteiger partial charge in [-0.2, -0.15) is 11.8 Å². The molecule has 1 aliphatic heterocycles. The number of amides is 2. The summed E-state index contributed by atoms with van der Waals surface area (Å²) >= 11 is 1.80. The Labute approximate surface area is 102 Å². The molecule has 1 heterocycles. The lowest BCUT2D eigenvalue weighted by molar-refractivity contribution is 0.170. The Kier molecular flexibility index (Phi) is 5.41. The van der Waals surface area contributed by atoms with E-state index in [1.54, 1.807) is 11.8 Å². The fraction of sp³-hybridized carbons (Fsp3) is 0.909. The van der Waals surface area contributed by atoms with Gasteiger partial charge in [-0.1, -0.05) is 6.92 Å². The van der Waals surface area contributed by atoms with Gasteiger partial charge in [-0.3, -0.25) is 0 Å². The van der Waals surface area contributed by atoms with Crippen LogP contribution >= 0.6 is 11.8 Å². The molecule has 16 heavy (non-hydrogen) atoms. The van der Waals surface area contributed by atoms with Crippen molar-refractivity contribution >= 4 is 17.8 Å². The average Bonchev–Trinajstić information content (AvgIpc) is 2.62. The van der Waals surface area contributed by atoms with Crippen molar-refractivity contribution in [3.63, 3.8) is 0 Å². The minimum Gasteiger partial charge on any atom is -0.379 e. The molecule has 0 radical (unpaired) electrons. The second-order valence-electron chi connectivity index (χ2n) is 4.76. The minimum atomic E-state index is -0.188. The monoisotopic (exact) mass is 246 g/mol. The maximum absolute atomic E-state index is 11.6. The molecule has 1 saturated heterocycles. The number of carbonyl (C=O) groups is 1. The number of hydrogen-bond acceptors (Lipinski definition) is 3. The summed E-state index contributed by atoms with van der Waals surface area (Å²) in [5, 5.41) is 5.87. The lowest BCUT2D eigenvalue weighted by atomic mass is 10.0. The van der Waals surface area contributed by atoms with Crippen LogP contribution in [0.5, 0.6) is 0 Å². The van der Waals surface area contributed by atoms with Crippen LogP contribution in [0.2, 0.25) is 0 Å². The van der Waals surface area contributed by atoms with Crippen molar-refractivity contribution in [2.45, 2.75) is 25.8 Å². The molecule has 0 spiro atoms. The van der Waals surface area contributed by atoms with E-state index in [1.165, 1.54) is 0 Å².